The number of ether oxygens (including phenoxy) is 1. The highest BCUT2D eigenvalue weighted by Gasteiger charge is 2.14. The van der Waals surface area contributed by atoms with Crippen LogP contribution in [0.15, 0.2) is 12.1 Å². The number of anilines is 1. The van der Waals surface area contributed by atoms with Crippen molar-refractivity contribution in [3.05, 3.63) is 23.5 Å². The second-order valence-electron chi connectivity index (χ2n) is 3.34. The van der Waals surface area contributed by atoms with Crippen LogP contribution in [0.2, 0.25) is 0 Å². The Hall–Kier alpha value is -1.78. The van der Waals surface area contributed by atoms with E-state index in [1.54, 1.807) is 13.8 Å². The molecular weight excluding hydrogens is 201 g/mol. The van der Waals surface area contributed by atoms with Gasteiger partial charge in [0.25, 0.3) is 0 Å². The SMILES string of the molecule is CC(C)Oc1cc(F)c(N)c(C(=O)O)c1. The van der Waals surface area contributed by atoms with Crippen LogP contribution in [0.3, 0.4) is 0 Å². The summed E-state index contributed by atoms with van der Waals surface area (Å²) < 4.78 is 18.4. The summed E-state index contributed by atoms with van der Waals surface area (Å²) in [6, 6.07) is 2.28. The van der Waals surface area contributed by atoms with Crippen LogP contribution in [0.4, 0.5) is 10.1 Å². The van der Waals surface area contributed by atoms with Crippen LogP contribution in [-0.4, -0.2) is 17.2 Å². The minimum absolute atomic E-state index is 0.158. The molecule has 0 aromatic heterocycles. The van der Waals surface area contributed by atoms with Crippen molar-refractivity contribution in [2.75, 3.05) is 5.73 Å². The molecule has 0 aliphatic carbocycles. The lowest BCUT2D eigenvalue weighted by atomic mass is 10.1. The second kappa shape index (κ2) is 4.16. The van der Waals surface area contributed by atoms with E-state index < -0.39 is 11.8 Å². The van der Waals surface area contributed by atoms with Gasteiger partial charge in [0.15, 0.2) is 5.82 Å². The molecular formula is C10H12FNO3. The van der Waals surface area contributed by atoms with Crippen LogP contribution >= 0.6 is 0 Å². The van der Waals surface area contributed by atoms with Crippen molar-refractivity contribution in [3.63, 3.8) is 0 Å². The van der Waals surface area contributed by atoms with Crippen LogP contribution in [0, 0.1) is 5.82 Å². The lowest BCUT2D eigenvalue weighted by Crippen LogP contribution is -2.09. The summed E-state index contributed by atoms with van der Waals surface area (Å²) >= 11 is 0. The Labute approximate surface area is 86.5 Å². The molecule has 0 saturated heterocycles. The molecule has 0 fully saturated rings. The Morgan fingerprint density at radius 3 is 2.60 bits per heavy atom. The number of hydrogen-bond acceptors (Lipinski definition) is 3. The summed E-state index contributed by atoms with van der Waals surface area (Å²) in [5.74, 6) is -1.90. The largest absolute Gasteiger partial charge is 0.491 e. The van der Waals surface area contributed by atoms with Crippen LogP contribution < -0.4 is 10.5 Å². The molecule has 0 aliphatic heterocycles. The molecule has 0 atom stereocenters. The molecule has 1 aromatic carbocycles. The molecule has 3 N–H and O–H groups in total. The molecule has 4 nitrogen and oxygen atoms in total. The monoisotopic (exact) mass is 213 g/mol. The van der Waals surface area contributed by atoms with E-state index in [-0.39, 0.29) is 23.1 Å². The van der Waals surface area contributed by atoms with E-state index in [0.29, 0.717) is 0 Å². The van der Waals surface area contributed by atoms with Gasteiger partial charge in [0.2, 0.25) is 0 Å². The van der Waals surface area contributed by atoms with Crippen molar-refractivity contribution in [1.82, 2.24) is 0 Å². The van der Waals surface area contributed by atoms with Gasteiger partial charge in [-0.3, -0.25) is 0 Å². The van der Waals surface area contributed by atoms with E-state index in [1.807, 2.05) is 0 Å². The topological polar surface area (TPSA) is 72.5 Å². The zero-order valence-electron chi connectivity index (χ0n) is 8.45. The van der Waals surface area contributed by atoms with Gasteiger partial charge in [0.1, 0.15) is 5.75 Å². The molecule has 0 saturated carbocycles. The van der Waals surface area contributed by atoms with Gasteiger partial charge in [-0.05, 0) is 19.9 Å². The summed E-state index contributed by atoms with van der Waals surface area (Å²) in [7, 11) is 0. The third kappa shape index (κ3) is 2.59. The summed E-state index contributed by atoms with van der Waals surface area (Å²) in [6.07, 6.45) is -0.158. The van der Waals surface area contributed by atoms with Crippen LogP contribution in [0.1, 0.15) is 24.2 Å². The van der Waals surface area contributed by atoms with Crippen molar-refractivity contribution < 1.29 is 19.0 Å². The molecule has 0 aliphatic rings. The number of nitrogen functional groups attached to an aromatic ring is 1. The van der Waals surface area contributed by atoms with Gasteiger partial charge in [0, 0.05) is 6.07 Å². The van der Waals surface area contributed by atoms with E-state index in [2.05, 4.69) is 0 Å². The number of rotatable bonds is 3. The lowest BCUT2D eigenvalue weighted by molar-refractivity contribution is 0.0696. The molecule has 0 heterocycles. The fraction of sp³-hybridized carbons (Fsp3) is 0.300. The van der Waals surface area contributed by atoms with Crippen LogP contribution in [0.5, 0.6) is 5.75 Å². The summed E-state index contributed by atoms with van der Waals surface area (Å²) in [5, 5.41) is 8.75. The molecule has 15 heavy (non-hydrogen) atoms. The summed E-state index contributed by atoms with van der Waals surface area (Å²) in [4.78, 5) is 10.7. The van der Waals surface area contributed by atoms with Gasteiger partial charge < -0.3 is 15.6 Å². The maximum Gasteiger partial charge on any atom is 0.338 e. The molecule has 0 radical (unpaired) electrons. The first kappa shape index (κ1) is 11.3. The second-order valence-corrected chi connectivity index (χ2v) is 3.34. The normalized spacial score (nSPS) is 10.4. The highest BCUT2D eigenvalue weighted by Crippen LogP contribution is 2.24. The van der Waals surface area contributed by atoms with Crippen LogP contribution in [-0.2, 0) is 0 Å². The Morgan fingerprint density at radius 1 is 1.53 bits per heavy atom. The van der Waals surface area contributed by atoms with Gasteiger partial charge in [0.05, 0.1) is 17.4 Å². The lowest BCUT2D eigenvalue weighted by Gasteiger charge is -2.11. The fourth-order valence-corrected chi connectivity index (χ4v) is 1.11. The van der Waals surface area contributed by atoms with E-state index in [9.17, 15) is 9.18 Å². The fourth-order valence-electron chi connectivity index (χ4n) is 1.11. The first-order valence-corrected chi connectivity index (χ1v) is 4.40. The smallest absolute Gasteiger partial charge is 0.338 e. The third-order valence-corrected chi connectivity index (χ3v) is 1.71. The van der Waals surface area contributed by atoms with Crippen molar-refractivity contribution in [2.45, 2.75) is 20.0 Å². The zero-order chi connectivity index (χ0) is 11.6. The molecule has 0 bridgehead atoms. The molecule has 0 amide bonds. The number of halogens is 1. The predicted octanol–water partition coefficient (Wildman–Crippen LogP) is 1.89. The highest BCUT2D eigenvalue weighted by atomic mass is 19.1. The average Bonchev–Trinajstić information content (AvgIpc) is 2.09. The molecule has 82 valence electrons. The minimum Gasteiger partial charge on any atom is -0.491 e. The highest BCUT2D eigenvalue weighted by molar-refractivity contribution is 5.94. The summed E-state index contributed by atoms with van der Waals surface area (Å²) in [5.41, 5.74) is 4.61. The Balaban J connectivity index is 3.17. The number of aromatic carboxylic acids is 1. The number of hydrogen-bond donors (Lipinski definition) is 2. The molecule has 1 rings (SSSR count). The van der Waals surface area contributed by atoms with Gasteiger partial charge in [-0.1, -0.05) is 0 Å². The van der Waals surface area contributed by atoms with Crippen molar-refractivity contribution in [2.24, 2.45) is 0 Å². The van der Waals surface area contributed by atoms with Gasteiger partial charge in [-0.2, -0.15) is 0 Å². The van der Waals surface area contributed by atoms with Crippen molar-refractivity contribution >= 4 is 11.7 Å². The van der Waals surface area contributed by atoms with E-state index in [1.165, 1.54) is 6.07 Å². The number of nitrogens with two attached hydrogens (primary N) is 1. The number of carboxylic acid groups (broad SMARTS) is 1. The van der Waals surface area contributed by atoms with Gasteiger partial charge in [-0.25, -0.2) is 9.18 Å². The third-order valence-electron chi connectivity index (χ3n) is 1.71. The van der Waals surface area contributed by atoms with E-state index in [4.69, 9.17) is 15.6 Å². The van der Waals surface area contributed by atoms with E-state index >= 15 is 0 Å². The Bertz CT molecular complexity index is 390. The van der Waals surface area contributed by atoms with Crippen molar-refractivity contribution in [1.29, 1.82) is 0 Å². The number of benzene rings is 1. The Kier molecular flexibility index (Phi) is 3.14. The first-order chi connectivity index (χ1) is 6.91. The van der Waals surface area contributed by atoms with Gasteiger partial charge >= 0.3 is 5.97 Å². The molecule has 0 unspecified atom stereocenters. The molecule has 1 aromatic rings. The summed E-state index contributed by atoms with van der Waals surface area (Å²) in [6.45, 7) is 3.52. The maximum absolute atomic E-state index is 13.2. The minimum atomic E-state index is -1.28. The zero-order valence-corrected chi connectivity index (χ0v) is 8.45. The predicted molar refractivity (Wildman–Crippen MR) is 53.5 cm³/mol. The Morgan fingerprint density at radius 2 is 2.13 bits per heavy atom. The number of carbonyl (C=O) groups is 1. The average molecular weight is 213 g/mol. The maximum atomic E-state index is 13.2. The van der Waals surface area contributed by atoms with Crippen LogP contribution in [0.25, 0.3) is 0 Å². The van der Waals surface area contributed by atoms with Gasteiger partial charge in [-0.15, -0.1) is 0 Å². The quantitative estimate of drug-likeness (QED) is 0.752. The standard InChI is InChI=1S/C10H12FNO3/c1-5(2)15-6-3-7(10(13)14)9(12)8(11)4-6/h3-5H,12H2,1-2H3,(H,13,14). The van der Waals surface area contributed by atoms with Crippen molar-refractivity contribution in [3.8, 4) is 5.75 Å². The number of carboxylic acids is 1. The molecule has 0 spiro atoms. The first-order valence-electron chi connectivity index (χ1n) is 4.40. The molecule has 5 heteroatoms. The van der Waals surface area contributed by atoms with E-state index in [0.717, 1.165) is 6.07 Å².